The molecule has 0 radical (unpaired) electrons. The molecule has 3 rings (SSSR count). The van der Waals surface area contributed by atoms with Crippen molar-refractivity contribution in [3.05, 3.63) is 48.2 Å². The third kappa shape index (κ3) is 4.78. The van der Waals surface area contributed by atoms with Crippen molar-refractivity contribution in [2.45, 2.75) is 6.92 Å². The Hall–Kier alpha value is -3.68. The molecule has 0 bridgehead atoms. The molecule has 8 nitrogen and oxygen atoms in total. The van der Waals surface area contributed by atoms with Crippen LogP contribution in [0.4, 0.5) is 23.1 Å². The van der Waals surface area contributed by atoms with Gasteiger partial charge in [0, 0.05) is 23.9 Å². The topological polar surface area (TPSA) is 86.8 Å². The molecule has 0 fully saturated rings. The maximum atomic E-state index is 5.44. The van der Waals surface area contributed by atoms with E-state index in [9.17, 15) is 0 Å². The summed E-state index contributed by atoms with van der Waals surface area (Å²) in [5.74, 6) is 3.74. The standard InChI is InChI=1S/C21H24N4O4/c1-13-10-20(23-16-8-6-14(26-2)11-18(16)28-4)25-21(22-13)24-17-9-7-15(27-3)12-19(17)29-5/h6-12H,1-5H3,(H2,22,23,24,25). The molecule has 0 spiro atoms. The van der Waals surface area contributed by atoms with Crippen LogP contribution in [-0.4, -0.2) is 38.4 Å². The van der Waals surface area contributed by atoms with Gasteiger partial charge in [0.15, 0.2) is 0 Å². The average Bonchev–Trinajstić information content (AvgIpc) is 2.73. The monoisotopic (exact) mass is 396 g/mol. The van der Waals surface area contributed by atoms with E-state index in [-0.39, 0.29) is 0 Å². The number of nitrogens with zero attached hydrogens (tertiary/aromatic N) is 2. The predicted octanol–water partition coefficient (Wildman–Crippen LogP) is 4.31. The molecule has 0 aliphatic heterocycles. The minimum absolute atomic E-state index is 0.434. The zero-order valence-corrected chi connectivity index (χ0v) is 17.1. The molecule has 0 amide bonds. The fraction of sp³-hybridized carbons (Fsp3) is 0.238. The Morgan fingerprint density at radius 3 is 1.72 bits per heavy atom. The van der Waals surface area contributed by atoms with Gasteiger partial charge in [-0.25, -0.2) is 4.98 Å². The van der Waals surface area contributed by atoms with E-state index in [1.807, 2.05) is 37.3 Å². The van der Waals surface area contributed by atoms with Crippen molar-refractivity contribution in [2.75, 3.05) is 39.1 Å². The van der Waals surface area contributed by atoms with Gasteiger partial charge in [0.2, 0.25) is 5.95 Å². The van der Waals surface area contributed by atoms with Crippen molar-refractivity contribution in [3.63, 3.8) is 0 Å². The van der Waals surface area contributed by atoms with E-state index in [1.54, 1.807) is 40.6 Å². The van der Waals surface area contributed by atoms with Gasteiger partial charge >= 0.3 is 0 Å². The van der Waals surface area contributed by atoms with Crippen molar-refractivity contribution in [3.8, 4) is 23.0 Å². The summed E-state index contributed by atoms with van der Waals surface area (Å²) in [4.78, 5) is 9.01. The number of ether oxygens (including phenoxy) is 4. The summed E-state index contributed by atoms with van der Waals surface area (Å²) < 4.78 is 21.3. The van der Waals surface area contributed by atoms with Crippen LogP contribution in [0.2, 0.25) is 0 Å². The fourth-order valence-electron chi connectivity index (χ4n) is 2.75. The van der Waals surface area contributed by atoms with Crippen LogP contribution in [0.15, 0.2) is 42.5 Å². The van der Waals surface area contributed by atoms with E-state index in [0.717, 1.165) is 17.1 Å². The molecule has 8 heteroatoms. The van der Waals surface area contributed by atoms with Gasteiger partial charge in [0.1, 0.15) is 28.8 Å². The fourth-order valence-corrected chi connectivity index (χ4v) is 2.75. The van der Waals surface area contributed by atoms with Crippen LogP contribution < -0.4 is 29.6 Å². The third-order valence-corrected chi connectivity index (χ3v) is 4.18. The molecular weight excluding hydrogens is 372 g/mol. The van der Waals surface area contributed by atoms with Gasteiger partial charge in [-0.3, -0.25) is 0 Å². The number of methoxy groups -OCH3 is 4. The van der Waals surface area contributed by atoms with Gasteiger partial charge in [-0.2, -0.15) is 4.98 Å². The number of rotatable bonds is 8. The highest BCUT2D eigenvalue weighted by atomic mass is 16.5. The minimum Gasteiger partial charge on any atom is -0.497 e. The first-order valence-electron chi connectivity index (χ1n) is 8.90. The molecule has 152 valence electrons. The number of anilines is 4. The molecule has 0 saturated carbocycles. The van der Waals surface area contributed by atoms with Gasteiger partial charge in [-0.15, -0.1) is 0 Å². The lowest BCUT2D eigenvalue weighted by Crippen LogP contribution is -2.04. The van der Waals surface area contributed by atoms with Crippen molar-refractivity contribution in [1.82, 2.24) is 9.97 Å². The first-order chi connectivity index (χ1) is 14.1. The van der Waals surface area contributed by atoms with E-state index in [1.165, 1.54) is 0 Å². The Kier molecular flexibility index (Phi) is 6.23. The number of aromatic nitrogens is 2. The quantitative estimate of drug-likeness (QED) is 0.583. The molecule has 3 aromatic rings. The van der Waals surface area contributed by atoms with E-state index in [2.05, 4.69) is 20.6 Å². The molecule has 1 heterocycles. The number of hydrogen-bond donors (Lipinski definition) is 2. The van der Waals surface area contributed by atoms with Gasteiger partial charge in [0.05, 0.1) is 39.8 Å². The Balaban J connectivity index is 1.88. The lowest BCUT2D eigenvalue weighted by molar-refractivity contribution is 0.395. The van der Waals surface area contributed by atoms with Gasteiger partial charge in [-0.05, 0) is 31.2 Å². The third-order valence-electron chi connectivity index (χ3n) is 4.18. The smallest absolute Gasteiger partial charge is 0.229 e. The summed E-state index contributed by atoms with van der Waals surface area (Å²) in [6.45, 7) is 1.90. The zero-order chi connectivity index (χ0) is 20.8. The molecule has 2 aromatic carbocycles. The van der Waals surface area contributed by atoms with Crippen LogP contribution in [0.5, 0.6) is 23.0 Å². The second-order valence-electron chi connectivity index (χ2n) is 6.10. The molecule has 0 aliphatic rings. The number of benzene rings is 2. The van der Waals surface area contributed by atoms with E-state index >= 15 is 0 Å². The Morgan fingerprint density at radius 2 is 1.21 bits per heavy atom. The van der Waals surface area contributed by atoms with Crippen LogP contribution in [0.3, 0.4) is 0 Å². The summed E-state index contributed by atoms with van der Waals surface area (Å²) in [6.07, 6.45) is 0. The Morgan fingerprint density at radius 1 is 0.655 bits per heavy atom. The van der Waals surface area contributed by atoms with Crippen LogP contribution in [0.25, 0.3) is 0 Å². The van der Waals surface area contributed by atoms with Gasteiger partial charge < -0.3 is 29.6 Å². The second-order valence-corrected chi connectivity index (χ2v) is 6.10. The molecule has 2 N–H and O–H groups in total. The number of nitrogens with one attached hydrogen (secondary N) is 2. The summed E-state index contributed by atoms with van der Waals surface area (Å²) in [5, 5.41) is 6.46. The molecule has 0 atom stereocenters. The molecule has 29 heavy (non-hydrogen) atoms. The maximum Gasteiger partial charge on any atom is 0.229 e. The van der Waals surface area contributed by atoms with Crippen LogP contribution in [0, 0.1) is 6.92 Å². The Labute approximate surface area is 169 Å². The first-order valence-corrected chi connectivity index (χ1v) is 8.90. The first kappa shape index (κ1) is 20.1. The second kappa shape index (κ2) is 9.01. The normalized spacial score (nSPS) is 10.2. The lowest BCUT2D eigenvalue weighted by Gasteiger charge is -2.14. The average molecular weight is 396 g/mol. The SMILES string of the molecule is COc1ccc(Nc2cc(C)nc(Nc3ccc(OC)cc3OC)n2)c(OC)c1. The number of hydrogen-bond acceptors (Lipinski definition) is 8. The van der Waals surface area contributed by atoms with E-state index in [4.69, 9.17) is 18.9 Å². The van der Waals surface area contributed by atoms with Crippen molar-refractivity contribution < 1.29 is 18.9 Å². The highest BCUT2D eigenvalue weighted by Crippen LogP contribution is 2.33. The van der Waals surface area contributed by atoms with E-state index < -0.39 is 0 Å². The largest absolute Gasteiger partial charge is 0.497 e. The molecular formula is C21H24N4O4. The predicted molar refractivity (Wildman–Crippen MR) is 112 cm³/mol. The summed E-state index contributed by atoms with van der Waals surface area (Å²) >= 11 is 0. The van der Waals surface area contributed by atoms with Gasteiger partial charge in [0.25, 0.3) is 0 Å². The summed E-state index contributed by atoms with van der Waals surface area (Å²) in [6, 6.07) is 12.8. The van der Waals surface area contributed by atoms with Crippen molar-refractivity contribution in [2.24, 2.45) is 0 Å². The highest BCUT2D eigenvalue weighted by Gasteiger charge is 2.11. The van der Waals surface area contributed by atoms with Crippen LogP contribution in [0.1, 0.15) is 5.69 Å². The van der Waals surface area contributed by atoms with E-state index in [0.29, 0.717) is 34.8 Å². The molecule has 1 aromatic heterocycles. The van der Waals surface area contributed by atoms with Crippen molar-refractivity contribution in [1.29, 1.82) is 0 Å². The summed E-state index contributed by atoms with van der Waals surface area (Å²) in [7, 11) is 6.42. The lowest BCUT2D eigenvalue weighted by atomic mass is 10.2. The molecule has 0 saturated heterocycles. The minimum atomic E-state index is 0.434. The highest BCUT2D eigenvalue weighted by molar-refractivity contribution is 5.68. The van der Waals surface area contributed by atoms with Crippen LogP contribution >= 0.6 is 0 Å². The van der Waals surface area contributed by atoms with Gasteiger partial charge in [-0.1, -0.05) is 0 Å². The Bertz CT molecular complexity index is 919. The maximum absolute atomic E-state index is 5.44. The van der Waals surface area contributed by atoms with Crippen LogP contribution in [-0.2, 0) is 0 Å². The zero-order valence-electron chi connectivity index (χ0n) is 17.1. The molecule has 0 unspecified atom stereocenters. The number of aryl methyl sites for hydroxylation is 1. The summed E-state index contributed by atoms with van der Waals surface area (Å²) in [5.41, 5.74) is 2.29. The molecule has 0 aliphatic carbocycles. The van der Waals surface area contributed by atoms with Crippen molar-refractivity contribution >= 4 is 23.1 Å².